The Bertz CT molecular complexity index is 104. The monoisotopic (exact) mass is 229 g/mol. The number of nitrogens with one attached hydrogen (secondary N) is 1. The zero-order chi connectivity index (χ0) is 11.9. The molecule has 0 rings (SSSR count). The molecule has 0 radical (unpaired) electrons. The van der Waals surface area contributed by atoms with Crippen molar-refractivity contribution < 1.29 is 0 Å². The van der Waals surface area contributed by atoms with Gasteiger partial charge in [0, 0.05) is 0 Å². The average Bonchev–Trinajstić information content (AvgIpc) is 2.31. The van der Waals surface area contributed by atoms with Crippen molar-refractivity contribution in [1.82, 2.24) is 5.32 Å². The number of rotatable bonds is 13. The molecule has 98 valence electrons. The van der Waals surface area contributed by atoms with Gasteiger partial charge in [-0.3, -0.25) is 0 Å². The van der Waals surface area contributed by atoms with Gasteiger partial charge in [-0.1, -0.05) is 32.1 Å². The van der Waals surface area contributed by atoms with Crippen molar-refractivity contribution in [2.45, 2.75) is 57.8 Å². The van der Waals surface area contributed by atoms with Crippen LogP contribution >= 0.6 is 0 Å². The standard InChI is InChI=1S/C13H31N3/c14-10-6-4-2-1-3-5-8-12-16-13-9-7-11-15/h16H,1-15H2. The Morgan fingerprint density at radius 3 is 1.44 bits per heavy atom. The summed E-state index contributed by atoms with van der Waals surface area (Å²) in [6.45, 7) is 3.98. The van der Waals surface area contributed by atoms with Crippen LogP contribution in [0.2, 0.25) is 0 Å². The van der Waals surface area contributed by atoms with Crippen LogP contribution in [0.3, 0.4) is 0 Å². The molecule has 3 heteroatoms. The highest BCUT2D eigenvalue weighted by Crippen LogP contribution is 2.06. The van der Waals surface area contributed by atoms with E-state index in [0.717, 1.165) is 26.1 Å². The van der Waals surface area contributed by atoms with E-state index in [1.165, 1.54) is 57.9 Å². The zero-order valence-corrected chi connectivity index (χ0v) is 10.8. The molecule has 0 aliphatic carbocycles. The van der Waals surface area contributed by atoms with E-state index in [1.54, 1.807) is 0 Å². The lowest BCUT2D eigenvalue weighted by Crippen LogP contribution is -2.17. The fourth-order valence-corrected chi connectivity index (χ4v) is 1.80. The maximum Gasteiger partial charge on any atom is -0.00484 e. The van der Waals surface area contributed by atoms with Crippen LogP contribution in [0.25, 0.3) is 0 Å². The van der Waals surface area contributed by atoms with Crippen LogP contribution in [-0.2, 0) is 0 Å². The summed E-state index contributed by atoms with van der Waals surface area (Å²) in [6, 6.07) is 0. The van der Waals surface area contributed by atoms with Crippen molar-refractivity contribution in [3.05, 3.63) is 0 Å². The van der Waals surface area contributed by atoms with Crippen molar-refractivity contribution >= 4 is 0 Å². The first-order valence-corrected chi connectivity index (χ1v) is 7.02. The van der Waals surface area contributed by atoms with E-state index < -0.39 is 0 Å². The van der Waals surface area contributed by atoms with Crippen molar-refractivity contribution in [2.24, 2.45) is 11.5 Å². The van der Waals surface area contributed by atoms with Gasteiger partial charge in [-0.05, 0) is 51.9 Å². The van der Waals surface area contributed by atoms with Gasteiger partial charge in [0.05, 0.1) is 0 Å². The molecular formula is C13H31N3. The second kappa shape index (κ2) is 14.9. The molecule has 0 atom stereocenters. The molecule has 0 amide bonds. The number of unbranched alkanes of at least 4 members (excludes halogenated alkanes) is 7. The summed E-state index contributed by atoms with van der Waals surface area (Å²) in [4.78, 5) is 0. The first kappa shape index (κ1) is 15.9. The minimum absolute atomic E-state index is 0.824. The Morgan fingerprint density at radius 1 is 0.500 bits per heavy atom. The smallest absolute Gasteiger partial charge is 0.00484 e. The minimum atomic E-state index is 0.824. The third-order valence-corrected chi connectivity index (χ3v) is 2.87. The van der Waals surface area contributed by atoms with Crippen LogP contribution in [-0.4, -0.2) is 26.2 Å². The molecule has 0 unspecified atom stereocenters. The van der Waals surface area contributed by atoms with Crippen LogP contribution in [0.1, 0.15) is 57.8 Å². The molecule has 0 spiro atoms. The third-order valence-electron chi connectivity index (χ3n) is 2.87. The lowest BCUT2D eigenvalue weighted by Gasteiger charge is -2.04. The van der Waals surface area contributed by atoms with Gasteiger partial charge in [0.1, 0.15) is 0 Å². The van der Waals surface area contributed by atoms with Gasteiger partial charge in [0.15, 0.2) is 0 Å². The lowest BCUT2D eigenvalue weighted by atomic mass is 10.1. The first-order valence-electron chi connectivity index (χ1n) is 7.02. The summed E-state index contributed by atoms with van der Waals surface area (Å²) in [5, 5.41) is 3.46. The van der Waals surface area contributed by atoms with Gasteiger partial charge in [0.25, 0.3) is 0 Å². The summed E-state index contributed by atoms with van der Waals surface area (Å²) in [6.07, 6.45) is 11.7. The van der Waals surface area contributed by atoms with Crippen LogP contribution in [0.15, 0.2) is 0 Å². The third kappa shape index (κ3) is 13.9. The minimum Gasteiger partial charge on any atom is -0.330 e. The lowest BCUT2D eigenvalue weighted by molar-refractivity contribution is 0.550. The number of hydrogen-bond donors (Lipinski definition) is 3. The van der Waals surface area contributed by atoms with Gasteiger partial charge in [-0.15, -0.1) is 0 Å². The predicted octanol–water partition coefficient (Wildman–Crippen LogP) is 2.00. The van der Waals surface area contributed by atoms with E-state index in [1.807, 2.05) is 0 Å². The van der Waals surface area contributed by atoms with E-state index in [4.69, 9.17) is 11.5 Å². The Labute approximate surface area is 101 Å². The van der Waals surface area contributed by atoms with Gasteiger partial charge < -0.3 is 16.8 Å². The SMILES string of the molecule is NCCCCCCCCCNCCCCN. The van der Waals surface area contributed by atoms with Gasteiger partial charge in [-0.25, -0.2) is 0 Å². The van der Waals surface area contributed by atoms with Crippen molar-refractivity contribution in [2.75, 3.05) is 26.2 Å². The molecule has 0 heterocycles. The molecule has 0 fully saturated rings. The highest BCUT2D eigenvalue weighted by Gasteiger charge is 1.91. The highest BCUT2D eigenvalue weighted by atomic mass is 14.8. The summed E-state index contributed by atoms with van der Waals surface area (Å²) < 4.78 is 0. The average molecular weight is 229 g/mol. The van der Waals surface area contributed by atoms with Crippen molar-refractivity contribution in [3.63, 3.8) is 0 Å². The van der Waals surface area contributed by atoms with Crippen LogP contribution < -0.4 is 16.8 Å². The Kier molecular flexibility index (Phi) is 14.8. The van der Waals surface area contributed by atoms with Crippen molar-refractivity contribution in [3.8, 4) is 0 Å². The van der Waals surface area contributed by atoms with E-state index in [2.05, 4.69) is 5.32 Å². The van der Waals surface area contributed by atoms with Crippen molar-refractivity contribution in [1.29, 1.82) is 0 Å². The molecule has 0 bridgehead atoms. The molecule has 16 heavy (non-hydrogen) atoms. The van der Waals surface area contributed by atoms with E-state index >= 15 is 0 Å². The van der Waals surface area contributed by atoms with Crippen LogP contribution in [0.4, 0.5) is 0 Å². The second-order valence-corrected chi connectivity index (χ2v) is 4.51. The first-order chi connectivity index (χ1) is 7.91. The van der Waals surface area contributed by atoms with Gasteiger partial charge >= 0.3 is 0 Å². The Balaban J connectivity index is 2.83. The predicted molar refractivity (Wildman–Crippen MR) is 72.5 cm³/mol. The molecule has 0 aromatic carbocycles. The molecule has 0 saturated carbocycles. The molecule has 0 aromatic heterocycles. The van der Waals surface area contributed by atoms with Crippen LogP contribution in [0.5, 0.6) is 0 Å². The summed E-state index contributed by atoms with van der Waals surface area (Å²) in [5.74, 6) is 0. The summed E-state index contributed by atoms with van der Waals surface area (Å²) >= 11 is 0. The van der Waals surface area contributed by atoms with Gasteiger partial charge in [0.2, 0.25) is 0 Å². The van der Waals surface area contributed by atoms with E-state index in [0.29, 0.717) is 0 Å². The zero-order valence-electron chi connectivity index (χ0n) is 10.8. The number of nitrogens with two attached hydrogens (primary N) is 2. The quantitative estimate of drug-likeness (QED) is 0.423. The molecule has 5 N–H and O–H groups in total. The molecule has 3 nitrogen and oxygen atoms in total. The Morgan fingerprint density at radius 2 is 0.875 bits per heavy atom. The molecule has 0 aliphatic rings. The molecular weight excluding hydrogens is 198 g/mol. The Hall–Kier alpha value is -0.120. The number of hydrogen-bond acceptors (Lipinski definition) is 3. The molecule has 0 aromatic rings. The maximum atomic E-state index is 5.44. The topological polar surface area (TPSA) is 64.1 Å². The van der Waals surface area contributed by atoms with Crippen LogP contribution in [0, 0.1) is 0 Å². The second-order valence-electron chi connectivity index (χ2n) is 4.51. The fourth-order valence-electron chi connectivity index (χ4n) is 1.80. The largest absolute Gasteiger partial charge is 0.330 e. The van der Waals surface area contributed by atoms with E-state index in [-0.39, 0.29) is 0 Å². The maximum absolute atomic E-state index is 5.44. The summed E-state index contributed by atoms with van der Waals surface area (Å²) in [5.41, 5.74) is 10.9. The summed E-state index contributed by atoms with van der Waals surface area (Å²) in [7, 11) is 0. The fraction of sp³-hybridized carbons (Fsp3) is 1.00. The molecule has 0 saturated heterocycles. The molecule has 0 aliphatic heterocycles. The normalized spacial score (nSPS) is 10.9. The van der Waals surface area contributed by atoms with E-state index in [9.17, 15) is 0 Å². The highest BCUT2D eigenvalue weighted by molar-refractivity contribution is 4.51. The van der Waals surface area contributed by atoms with Gasteiger partial charge in [-0.2, -0.15) is 0 Å².